The van der Waals surface area contributed by atoms with E-state index >= 15 is 0 Å². The van der Waals surface area contributed by atoms with Crippen LogP contribution in [-0.4, -0.2) is 24.9 Å². The van der Waals surface area contributed by atoms with Crippen LogP contribution in [0.2, 0.25) is 0 Å². The van der Waals surface area contributed by atoms with Crippen molar-refractivity contribution in [1.29, 1.82) is 0 Å². The van der Waals surface area contributed by atoms with Gasteiger partial charge < -0.3 is 10.2 Å². The van der Waals surface area contributed by atoms with E-state index in [9.17, 15) is 14.0 Å². The van der Waals surface area contributed by atoms with Crippen LogP contribution < -0.4 is 10.2 Å². The van der Waals surface area contributed by atoms with Gasteiger partial charge in [0, 0.05) is 19.5 Å². The Morgan fingerprint density at radius 3 is 2.44 bits per heavy atom. The van der Waals surface area contributed by atoms with E-state index in [2.05, 4.69) is 17.4 Å². The number of hydrogen-bond donors (Lipinski definition) is 1. The number of anilines is 1. The summed E-state index contributed by atoms with van der Waals surface area (Å²) in [7, 11) is 1.55. The zero-order valence-corrected chi connectivity index (χ0v) is 14.0. The van der Waals surface area contributed by atoms with Gasteiger partial charge in [-0.15, -0.1) is 0 Å². The van der Waals surface area contributed by atoms with E-state index in [4.69, 9.17) is 0 Å². The van der Waals surface area contributed by atoms with Crippen LogP contribution >= 0.6 is 0 Å². The molecule has 2 aliphatic rings. The summed E-state index contributed by atoms with van der Waals surface area (Å²) in [6, 6.07) is 12.8. The minimum absolute atomic E-state index is 0.0247. The summed E-state index contributed by atoms with van der Waals surface area (Å²) in [5.74, 6) is -1.56. The highest BCUT2D eigenvalue weighted by Crippen LogP contribution is 2.37. The number of carbonyl (C=O) groups excluding carboxylic acids is 2. The second-order valence-electron chi connectivity index (χ2n) is 6.77. The van der Waals surface area contributed by atoms with Crippen molar-refractivity contribution in [3.8, 4) is 0 Å². The number of halogens is 1. The fourth-order valence-electron chi connectivity index (χ4n) is 3.91. The predicted molar refractivity (Wildman–Crippen MR) is 92.9 cm³/mol. The first kappa shape index (κ1) is 15.8. The van der Waals surface area contributed by atoms with Gasteiger partial charge in [-0.1, -0.05) is 36.4 Å². The van der Waals surface area contributed by atoms with E-state index < -0.39 is 11.7 Å². The van der Waals surface area contributed by atoms with E-state index in [1.807, 2.05) is 12.1 Å². The Morgan fingerprint density at radius 2 is 1.76 bits per heavy atom. The van der Waals surface area contributed by atoms with Crippen molar-refractivity contribution in [1.82, 2.24) is 5.32 Å². The van der Waals surface area contributed by atoms with Crippen LogP contribution in [0.25, 0.3) is 0 Å². The number of hydrogen-bond acceptors (Lipinski definition) is 2. The standard InChI is InChI=1S/C20H19FN2O2/c1-23-18(24)11-16(15-7-4-8-17(21)19(15)23)20(25)22-14-9-12-5-2-3-6-13(12)10-14/h2-8,14,16H,9-11H2,1H3,(H,22,25). The summed E-state index contributed by atoms with van der Waals surface area (Å²) in [5, 5.41) is 3.06. The van der Waals surface area contributed by atoms with Crippen molar-refractivity contribution in [3.63, 3.8) is 0 Å². The molecular formula is C20H19FN2O2. The maximum absolute atomic E-state index is 14.2. The fourth-order valence-corrected chi connectivity index (χ4v) is 3.91. The van der Waals surface area contributed by atoms with Gasteiger partial charge in [-0.05, 0) is 35.6 Å². The lowest BCUT2D eigenvalue weighted by molar-refractivity contribution is -0.127. The third-order valence-corrected chi connectivity index (χ3v) is 5.20. The largest absolute Gasteiger partial charge is 0.352 e. The molecule has 1 N–H and O–H groups in total. The highest BCUT2D eigenvalue weighted by Gasteiger charge is 2.36. The van der Waals surface area contributed by atoms with Gasteiger partial charge in [-0.3, -0.25) is 9.59 Å². The van der Waals surface area contributed by atoms with Gasteiger partial charge in [0.25, 0.3) is 0 Å². The molecule has 0 fully saturated rings. The summed E-state index contributed by atoms with van der Waals surface area (Å²) < 4.78 is 14.2. The fraction of sp³-hybridized carbons (Fsp3) is 0.300. The highest BCUT2D eigenvalue weighted by atomic mass is 19.1. The Balaban J connectivity index is 1.57. The topological polar surface area (TPSA) is 49.4 Å². The van der Waals surface area contributed by atoms with Gasteiger partial charge in [0.1, 0.15) is 5.82 Å². The molecule has 5 heteroatoms. The number of nitrogens with one attached hydrogen (secondary N) is 1. The van der Waals surface area contributed by atoms with Gasteiger partial charge in [-0.2, -0.15) is 0 Å². The molecule has 1 aliphatic heterocycles. The molecule has 2 amide bonds. The minimum atomic E-state index is -0.641. The number of fused-ring (bicyclic) bond motifs is 2. The lowest BCUT2D eigenvalue weighted by Crippen LogP contribution is -2.43. The number of amides is 2. The maximum Gasteiger partial charge on any atom is 0.228 e. The molecule has 0 spiro atoms. The van der Waals surface area contributed by atoms with Crippen molar-refractivity contribution >= 4 is 17.5 Å². The van der Waals surface area contributed by atoms with E-state index in [1.54, 1.807) is 19.2 Å². The molecule has 1 atom stereocenters. The van der Waals surface area contributed by atoms with Crippen LogP contribution in [0.5, 0.6) is 0 Å². The van der Waals surface area contributed by atoms with E-state index in [1.165, 1.54) is 22.1 Å². The lowest BCUT2D eigenvalue weighted by atomic mass is 9.88. The SMILES string of the molecule is CN1C(=O)CC(C(=O)NC2Cc3ccccc3C2)c2cccc(F)c21. The zero-order chi connectivity index (χ0) is 17.6. The van der Waals surface area contributed by atoms with Crippen molar-refractivity contribution in [2.75, 3.05) is 11.9 Å². The van der Waals surface area contributed by atoms with Crippen molar-refractivity contribution in [2.45, 2.75) is 31.2 Å². The molecular weight excluding hydrogens is 319 g/mol. The van der Waals surface area contributed by atoms with Crippen LogP contribution in [0, 0.1) is 5.82 Å². The quantitative estimate of drug-likeness (QED) is 0.915. The third-order valence-electron chi connectivity index (χ3n) is 5.20. The molecule has 0 aromatic heterocycles. The lowest BCUT2D eigenvalue weighted by Gasteiger charge is -2.31. The van der Waals surface area contributed by atoms with Crippen LogP contribution in [-0.2, 0) is 22.4 Å². The monoisotopic (exact) mass is 338 g/mol. The van der Waals surface area contributed by atoms with E-state index in [0.29, 0.717) is 5.56 Å². The molecule has 0 bridgehead atoms. The van der Waals surface area contributed by atoms with Gasteiger partial charge >= 0.3 is 0 Å². The van der Waals surface area contributed by atoms with Crippen molar-refractivity contribution < 1.29 is 14.0 Å². The molecule has 4 rings (SSSR count). The summed E-state index contributed by atoms with van der Waals surface area (Å²) in [6.07, 6.45) is 1.65. The Hall–Kier alpha value is -2.69. The Bertz CT molecular complexity index is 840. The van der Waals surface area contributed by atoms with E-state index in [-0.39, 0.29) is 30.0 Å². The van der Waals surface area contributed by atoms with Gasteiger partial charge in [-0.25, -0.2) is 4.39 Å². The molecule has 1 heterocycles. The van der Waals surface area contributed by atoms with Crippen LogP contribution in [0.3, 0.4) is 0 Å². The first-order valence-corrected chi connectivity index (χ1v) is 8.46. The molecule has 2 aromatic rings. The summed E-state index contributed by atoms with van der Waals surface area (Å²) in [5.41, 5.74) is 3.29. The molecule has 128 valence electrons. The summed E-state index contributed by atoms with van der Waals surface area (Å²) in [4.78, 5) is 26.4. The number of rotatable bonds is 2. The third kappa shape index (κ3) is 2.69. The molecule has 0 saturated carbocycles. The van der Waals surface area contributed by atoms with Gasteiger partial charge in [0.2, 0.25) is 11.8 Å². The number of benzene rings is 2. The molecule has 2 aromatic carbocycles. The normalized spacial score (nSPS) is 19.5. The molecule has 1 aliphatic carbocycles. The molecule has 0 radical (unpaired) electrons. The average molecular weight is 338 g/mol. The second-order valence-corrected chi connectivity index (χ2v) is 6.77. The number of nitrogens with zero attached hydrogens (tertiary/aromatic N) is 1. The van der Waals surface area contributed by atoms with Crippen LogP contribution in [0.1, 0.15) is 29.0 Å². The average Bonchev–Trinajstić information content (AvgIpc) is 3.00. The smallest absolute Gasteiger partial charge is 0.228 e. The Morgan fingerprint density at radius 1 is 1.08 bits per heavy atom. The highest BCUT2D eigenvalue weighted by molar-refractivity contribution is 6.02. The van der Waals surface area contributed by atoms with Crippen molar-refractivity contribution in [2.24, 2.45) is 0 Å². The molecule has 25 heavy (non-hydrogen) atoms. The Kier molecular flexibility index (Phi) is 3.79. The summed E-state index contributed by atoms with van der Waals surface area (Å²) >= 11 is 0. The van der Waals surface area contributed by atoms with Gasteiger partial charge in [0.15, 0.2) is 0 Å². The van der Waals surface area contributed by atoms with Crippen LogP contribution in [0.15, 0.2) is 42.5 Å². The van der Waals surface area contributed by atoms with Gasteiger partial charge in [0.05, 0.1) is 11.6 Å². The van der Waals surface area contributed by atoms with Crippen LogP contribution in [0.4, 0.5) is 10.1 Å². The second kappa shape index (κ2) is 5.99. The zero-order valence-electron chi connectivity index (χ0n) is 14.0. The number of para-hydroxylation sites is 1. The first-order chi connectivity index (χ1) is 12.0. The predicted octanol–water partition coefficient (Wildman–Crippen LogP) is 2.56. The first-order valence-electron chi connectivity index (χ1n) is 8.46. The Labute approximate surface area is 145 Å². The summed E-state index contributed by atoms with van der Waals surface area (Å²) in [6.45, 7) is 0. The number of carbonyl (C=O) groups is 2. The van der Waals surface area contributed by atoms with E-state index in [0.717, 1.165) is 12.8 Å². The van der Waals surface area contributed by atoms with Crippen molar-refractivity contribution in [3.05, 3.63) is 65.0 Å². The molecule has 0 saturated heterocycles. The molecule has 4 nitrogen and oxygen atoms in total. The maximum atomic E-state index is 14.2. The molecule has 1 unspecified atom stereocenters. The minimum Gasteiger partial charge on any atom is -0.352 e.